The summed E-state index contributed by atoms with van der Waals surface area (Å²) >= 11 is 1.39. The van der Waals surface area contributed by atoms with E-state index in [1.54, 1.807) is 16.8 Å². The summed E-state index contributed by atoms with van der Waals surface area (Å²) in [5.41, 5.74) is 1.58. The van der Waals surface area contributed by atoms with E-state index in [1.165, 1.54) is 24.5 Å². The van der Waals surface area contributed by atoms with Crippen molar-refractivity contribution < 1.29 is 13.9 Å². The van der Waals surface area contributed by atoms with Gasteiger partial charge in [0.15, 0.2) is 11.6 Å². The van der Waals surface area contributed by atoms with Gasteiger partial charge >= 0.3 is 0 Å². The second kappa shape index (κ2) is 6.24. The number of amides is 1. The summed E-state index contributed by atoms with van der Waals surface area (Å²) in [6, 6.07) is 6.21. The number of halogens is 1. The largest absolute Gasteiger partial charge is 0.494 e. The molecule has 7 heteroatoms. The number of methoxy groups -OCH3 is 1. The number of ether oxygens (including phenoxy) is 1. The highest BCUT2D eigenvalue weighted by atomic mass is 32.1. The molecule has 1 aromatic carbocycles. The van der Waals surface area contributed by atoms with Crippen molar-refractivity contribution in [2.24, 2.45) is 7.05 Å². The van der Waals surface area contributed by atoms with Crippen molar-refractivity contribution in [1.82, 2.24) is 15.1 Å². The minimum atomic E-state index is -0.445. The second-order valence-electron chi connectivity index (χ2n) is 5.63. The fourth-order valence-electron chi connectivity index (χ4n) is 2.62. The van der Waals surface area contributed by atoms with Gasteiger partial charge in [0.1, 0.15) is 4.83 Å². The van der Waals surface area contributed by atoms with Gasteiger partial charge in [0, 0.05) is 12.4 Å². The Morgan fingerprint density at radius 3 is 2.79 bits per heavy atom. The summed E-state index contributed by atoms with van der Waals surface area (Å²) in [7, 11) is 3.28. The standard InChI is InChI=1S/C17H18FN3O2S/c1-9(11-5-6-14(23-4)13(18)7-11)19-16(22)15-8-12-10(2)20-21(3)17(12)24-15/h5-9H,1-4H3,(H,19,22)/t9-/m1/s1. The van der Waals surface area contributed by atoms with Crippen molar-refractivity contribution in [2.45, 2.75) is 19.9 Å². The third kappa shape index (κ3) is 2.87. The van der Waals surface area contributed by atoms with E-state index in [2.05, 4.69) is 10.4 Å². The Hall–Kier alpha value is -2.41. The van der Waals surface area contributed by atoms with Crippen LogP contribution < -0.4 is 10.1 Å². The average molecular weight is 347 g/mol. The van der Waals surface area contributed by atoms with E-state index in [4.69, 9.17) is 4.74 Å². The molecule has 2 heterocycles. The van der Waals surface area contributed by atoms with E-state index < -0.39 is 5.82 Å². The van der Waals surface area contributed by atoms with Gasteiger partial charge in [-0.1, -0.05) is 6.07 Å². The van der Waals surface area contributed by atoms with Crippen LogP contribution in [0.4, 0.5) is 4.39 Å². The third-order valence-corrected chi connectivity index (χ3v) is 5.14. The summed E-state index contributed by atoms with van der Waals surface area (Å²) in [6.07, 6.45) is 0. The first kappa shape index (κ1) is 16.4. The fourth-order valence-corrected chi connectivity index (χ4v) is 3.65. The molecule has 0 saturated heterocycles. The first-order valence-corrected chi connectivity index (χ1v) is 8.29. The lowest BCUT2D eigenvalue weighted by Crippen LogP contribution is -2.26. The molecule has 0 aliphatic carbocycles. The number of fused-ring (bicyclic) bond motifs is 1. The summed E-state index contributed by atoms with van der Waals surface area (Å²) in [6.45, 7) is 3.73. The Kier molecular flexibility index (Phi) is 4.28. The van der Waals surface area contributed by atoms with Crippen molar-refractivity contribution in [2.75, 3.05) is 7.11 Å². The molecular weight excluding hydrogens is 329 g/mol. The molecule has 0 radical (unpaired) electrons. The summed E-state index contributed by atoms with van der Waals surface area (Å²) in [4.78, 5) is 14.0. The molecule has 24 heavy (non-hydrogen) atoms. The van der Waals surface area contributed by atoms with Gasteiger partial charge in [-0.3, -0.25) is 9.48 Å². The predicted molar refractivity (Wildman–Crippen MR) is 92.2 cm³/mol. The van der Waals surface area contributed by atoms with Gasteiger partial charge < -0.3 is 10.1 Å². The van der Waals surface area contributed by atoms with E-state index in [0.29, 0.717) is 10.4 Å². The molecule has 0 bridgehead atoms. The highest BCUT2D eigenvalue weighted by molar-refractivity contribution is 7.20. The number of hydrogen-bond acceptors (Lipinski definition) is 4. The van der Waals surface area contributed by atoms with E-state index in [9.17, 15) is 9.18 Å². The smallest absolute Gasteiger partial charge is 0.261 e. The minimum Gasteiger partial charge on any atom is -0.494 e. The molecule has 0 unspecified atom stereocenters. The third-order valence-electron chi connectivity index (χ3n) is 3.94. The zero-order valence-electron chi connectivity index (χ0n) is 13.9. The lowest BCUT2D eigenvalue weighted by Gasteiger charge is -2.14. The number of thiophene rings is 1. The first-order chi connectivity index (χ1) is 11.4. The van der Waals surface area contributed by atoms with Crippen LogP contribution >= 0.6 is 11.3 Å². The van der Waals surface area contributed by atoms with Crippen molar-refractivity contribution >= 4 is 27.5 Å². The zero-order valence-corrected chi connectivity index (χ0v) is 14.7. The van der Waals surface area contributed by atoms with Gasteiger partial charge in [-0.05, 0) is 37.6 Å². The van der Waals surface area contributed by atoms with Gasteiger partial charge in [0.2, 0.25) is 0 Å². The highest BCUT2D eigenvalue weighted by Gasteiger charge is 2.18. The average Bonchev–Trinajstić information content (AvgIpc) is 3.09. The molecule has 126 valence electrons. The van der Waals surface area contributed by atoms with Crippen LogP contribution in [0.2, 0.25) is 0 Å². The Labute approximate surface area is 143 Å². The van der Waals surface area contributed by atoms with Crippen LogP contribution in [-0.2, 0) is 7.05 Å². The maximum Gasteiger partial charge on any atom is 0.261 e. The normalized spacial score (nSPS) is 12.4. The van der Waals surface area contributed by atoms with Gasteiger partial charge in [-0.15, -0.1) is 11.3 Å². The van der Waals surface area contributed by atoms with Gasteiger partial charge in [-0.25, -0.2) is 4.39 Å². The molecule has 1 atom stereocenters. The van der Waals surface area contributed by atoms with Crippen molar-refractivity contribution in [1.29, 1.82) is 0 Å². The Morgan fingerprint density at radius 1 is 1.42 bits per heavy atom. The molecular formula is C17H18FN3O2S. The molecule has 1 amide bonds. The Balaban J connectivity index is 1.80. The minimum absolute atomic E-state index is 0.181. The molecule has 0 aliphatic heterocycles. The Bertz CT molecular complexity index is 882. The molecule has 2 aromatic heterocycles. The number of aromatic nitrogens is 2. The van der Waals surface area contributed by atoms with Crippen LogP contribution in [0.25, 0.3) is 10.2 Å². The Morgan fingerprint density at radius 2 is 2.17 bits per heavy atom. The molecule has 0 saturated carbocycles. The summed E-state index contributed by atoms with van der Waals surface area (Å²) in [5.74, 6) is -0.441. The van der Waals surface area contributed by atoms with Crippen LogP contribution in [0.3, 0.4) is 0 Å². The topological polar surface area (TPSA) is 56.1 Å². The van der Waals surface area contributed by atoms with Crippen LogP contribution in [-0.4, -0.2) is 22.8 Å². The van der Waals surface area contributed by atoms with Gasteiger partial charge in [-0.2, -0.15) is 5.10 Å². The number of carbonyl (C=O) groups excluding carboxylic acids is 1. The summed E-state index contributed by atoms with van der Waals surface area (Å²) in [5, 5.41) is 8.21. The van der Waals surface area contributed by atoms with Crippen LogP contribution in [0, 0.1) is 12.7 Å². The number of rotatable bonds is 4. The van der Waals surface area contributed by atoms with Crippen molar-refractivity contribution in [3.63, 3.8) is 0 Å². The van der Waals surface area contributed by atoms with Crippen molar-refractivity contribution in [3.05, 3.63) is 46.2 Å². The number of nitrogens with zero attached hydrogens (tertiary/aromatic N) is 2. The number of aryl methyl sites for hydroxylation is 2. The SMILES string of the molecule is COc1ccc([C@@H](C)NC(=O)c2cc3c(C)nn(C)c3s2)cc1F. The van der Waals surface area contributed by atoms with Gasteiger partial charge in [0.25, 0.3) is 5.91 Å². The zero-order chi connectivity index (χ0) is 17.4. The first-order valence-electron chi connectivity index (χ1n) is 7.48. The number of carbonyl (C=O) groups is 1. The predicted octanol–water partition coefficient (Wildman–Crippen LogP) is 3.58. The molecule has 3 aromatic rings. The lowest BCUT2D eigenvalue weighted by molar-refractivity contribution is 0.0944. The highest BCUT2D eigenvalue weighted by Crippen LogP contribution is 2.28. The van der Waals surface area contributed by atoms with Crippen LogP contribution in [0.1, 0.15) is 33.9 Å². The van der Waals surface area contributed by atoms with Crippen LogP contribution in [0.15, 0.2) is 24.3 Å². The van der Waals surface area contributed by atoms with E-state index >= 15 is 0 Å². The molecule has 0 aliphatic rings. The number of benzene rings is 1. The monoisotopic (exact) mass is 347 g/mol. The molecule has 5 nitrogen and oxygen atoms in total. The molecule has 1 N–H and O–H groups in total. The maximum absolute atomic E-state index is 13.8. The molecule has 0 fully saturated rings. The molecule has 0 spiro atoms. The fraction of sp³-hybridized carbons (Fsp3) is 0.294. The second-order valence-corrected chi connectivity index (χ2v) is 6.66. The van der Waals surface area contributed by atoms with E-state index in [0.717, 1.165) is 15.9 Å². The number of nitrogens with one attached hydrogen (secondary N) is 1. The van der Waals surface area contributed by atoms with Gasteiger partial charge in [0.05, 0.1) is 23.7 Å². The van der Waals surface area contributed by atoms with E-state index in [1.807, 2.05) is 27.0 Å². The summed E-state index contributed by atoms with van der Waals surface area (Å²) < 4.78 is 20.5. The maximum atomic E-state index is 13.8. The number of hydrogen-bond donors (Lipinski definition) is 1. The van der Waals surface area contributed by atoms with Crippen molar-refractivity contribution in [3.8, 4) is 5.75 Å². The molecule has 3 rings (SSSR count). The lowest BCUT2D eigenvalue weighted by atomic mass is 10.1. The van der Waals surface area contributed by atoms with E-state index in [-0.39, 0.29) is 17.7 Å². The van der Waals surface area contributed by atoms with Crippen LogP contribution in [0.5, 0.6) is 5.75 Å². The quantitative estimate of drug-likeness (QED) is 0.785.